The van der Waals surface area contributed by atoms with Gasteiger partial charge in [0.1, 0.15) is 0 Å². The van der Waals surface area contributed by atoms with Crippen molar-refractivity contribution >= 4 is 0 Å². The van der Waals surface area contributed by atoms with Crippen molar-refractivity contribution in [3.63, 3.8) is 0 Å². The highest BCUT2D eigenvalue weighted by Crippen LogP contribution is 1.81. The standard InChI is InChI=1S/C7H9N/c1-4-6-7(3)8-5-2/h1,5-6,8H,2H2,3H3/b7-6-. The molecule has 1 heteroatoms. The summed E-state index contributed by atoms with van der Waals surface area (Å²) >= 11 is 0. The number of rotatable bonds is 2. The van der Waals surface area contributed by atoms with Crippen LogP contribution in [0.4, 0.5) is 0 Å². The van der Waals surface area contributed by atoms with E-state index in [9.17, 15) is 0 Å². The third-order valence-electron chi connectivity index (χ3n) is 0.630. The van der Waals surface area contributed by atoms with Crippen molar-refractivity contribution in [2.24, 2.45) is 0 Å². The third-order valence-corrected chi connectivity index (χ3v) is 0.630. The molecule has 0 unspecified atom stereocenters. The highest BCUT2D eigenvalue weighted by atomic mass is 14.8. The summed E-state index contributed by atoms with van der Waals surface area (Å²) in [7, 11) is 0. The monoisotopic (exact) mass is 107 g/mol. The molecule has 0 aromatic rings. The molecule has 0 spiro atoms. The number of hydrogen-bond acceptors (Lipinski definition) is 1. The number of terminal acetylenes is 1. The highest BCUT2D eigenvalue weighted by Gasteiger charge is 1.74. The maximum absolute atomic E-state index is 4.96. The van der Waals surface area contributed by atoms with E-state index in [0.29, 0.717) is 0 Å². The largest absolute Gasteiger partial charge is 0.365 e. The Balaban J connectivity index is 3.65. The normalized spacial score (nSPS) is 9.75. The van der Waals surface area contributed by atoms with Crippen LogP contribution in [0.1, 0.15) is 6.92 Å². The summed E-state index contributed by atoms with van der Waals surface area (Å²) in [4.78, 5) is 0. The maximum Gasteiger partial charge on any atom is 0.0199 e. The fraction of sp³-hybridized carbons (Fsp3) is 0.143. The Bertz CT molecular complexity index is 137. The van der Waals surface area contributed by atoms with Crippen molar-refractivity contribution in [2.45, 2.75) is 6.92 Å². The van der Waals surface area contributed by atoms with Crippen molar-refractivity contribution in [2.75, 3.05) is 0 Å². The molecule has 0 aromatic carbocycles. The van der Waals surface area contributed by atoms with E-state index >= 15 is 0 Å². The zero-order chi connectivity index (χ0) is 6.41. The van der Waals surface area contributed by atoms with Gasteiger partial charge in [0.05, 0.1) is 0 Å². The Morgan fingerprint density at radius 2 is 2.50 bits per heavy atom. The molecule has 0 saturated carbocycles. The van der Waals surface area contributed by atoms with Crippen LogP contribution < -0.4 is 5.32 Å². The second-order valence-electron chi connectivity index (χ2n) is 1.34. The van der Waals surface area contributed by atoms with Crippen LogP contribution in [0.2, 0.25) is 0 Å². The number of nitrogens with one attached hydrogen (secondary N) is 1. The van der Waals surface area contributed by atoms with Gasteiger partial charge in [0.15, 0.2) is 0 Å². The van der Waals surface area contributed by atoms with Crippen molar-refractivity contribution in [1.82, 2.24) is 5.32 Å². The molecular formula is C7H9N. The van der Waals surface area contributed by atoms with Gasteiger partial charge in [-0.2, -0.15) is 0 Å². The molecule has 8 heavy (non-hydrogen) atoms. The molecule has 0 fully saturated rings. The molecule has 0 heterocycles. The lowest BCUT2D eigenvalue weighted by Gasteiger charge is -1.93. The fourth-order valence-electron chi connectivity index (χ4n) is 0.328. The van der Waals surface area contributed by atoms with Crippen molar-refractivity contribution in [1.29, 1.82) is 0 Å². The van der Waals surface area contributed by atoms with Crippen LogP contribution in [0.15, 0.2) is 24.6 Å². The molecule has 0 saturated heterocycles. The first-order valence-electron chi connectivity index (χ1n) is 2.31. The van der Waals surface area contributed by atoms with Crippen LogP contribution in [0.3, 0.4) is 0 Å². The Labute approximate surface area is 50.1 Å². The number of allylic oxidation sites excluding steroid dienone is 2. The van der Waals surface area contributed by atoms with Gasteiger partial charge in [-0.25, -0.2) is 0 Å². The molecule has 1 N–H and O–H groups in total. The molecule has 1 nitrogen and oxygen atoms in total. The van der Waals surface area contributed by atoms with Gasteiger partial charge in [0.2, 0.25) is 0 Å². The lowest BCUT2D eigenvalue weighted by Crippen LogP contribution is -1.98. The zero-order valence-electron chi connectivity index (χ0n) is 4.94. The van der Waals surface area contributed by atoms with Gasteiger partial charge in [-0.3, -0.25) is 0 Å². The van der Waals surface area contributed by atoms with Crippen LogP contribution in [0.25, 0.3) is 0 Å². The first-order valence-corrected chi connectivity index (χ1v) is 2.31. The van der Waals surface area contributed by atoms with Crippen LogP contribution in [-0.4, -0.2) is 0 Å². The van der Waals surface area contributed by atoms with E-state index in [1.807, 2.05) is 6.92 Å². The van der Waals surface area contributed by atoms with E-state index in [4.69, 9.17) is 6.42 Å². The Morgan fingerprint density at radius 1 is 1.88 bits per heavy atom. The third kappa shape index (κ3) is 3.05. The maximum atomic E-state index is 4.96. The van der Waals surface area contributed by atoms with Gasteiger partial charge < -0.3 is 5.32 Å². The van der Waals surface area contributed by atoms with Gasteiger partial charge in [-0.05, 0) is 13.1 Å². The van der Waals surface area contributed by atoms with Crippen LogP contribution in [-0.2, 0) is 0 Å². The summed E-state index contributed by atoms with van der Waals surface area (Å²) in [5.41, 5.74) is 0.933. The van der Waals surface area contributed by atoms with E-state index in [1.54, 1.807) is 12.3 Å². The quantitative estimate of drug-likeness (QED) is 0.524. The minimum absolute atomic E-state index is 0.933. The van der Waals surface area contributed by atoms with Crippen molar-refractivity contribution < 1.29 is 0 Å². The molecule has 0 atom stereocenters. The molecule has 42 valence electrons. The van der Waals surface area contributed by atoms with Crippen molar-refractivity contribution in [3.05, 3.63) is 24.6 Å². The molecule has 0 aliphatic carbocycles. The highest BCUT2D eigenvalue weighted by molar-refractivity contribution is 5.15. The van der Waals surface area contributed by atoms with Gasteiger partial charge in [-0.15, -0.1) is 6.42 Å². The smallest absolute Gasteiger partial charge is 0.0199 e. The van der Waals surface area contributed by atoms with Crippen LogP contribution in [0, 0.1) is 12.3 Å². The second kappa shape index (κ2) is 4.01. The summed E-state index contributed by atoms with van der Waals surface area (Å²) in [6.07, 6.45) is 8.19. The Kier molecular flexibility index (Phi) is 3.43. The Hall–Kier alpha value is -1.16. The molecule has 0 rings (SSSR count). The molecular weight excluding hydrogens is 98.1 g/mol. The second-order valence-corrected chi connectivity index (χ2v) is 1.34. The van der Waals surface area contributed by atoms with Crippen LogP contribution in [0.5, 0.6) is 0 Å². The minimum atomic E-state index is 0.933. The summed E-state index contributed by atoms with van der Waals surface area (Å²) in [6.45, 7) is 5.34. The number of hydrogen-bond donors (Lipinski definition) is 1. The summed E-state index contributed by atoms with van der Waals surface area (Å²) in [5.74, 6) is 2.38. The first kappa shape index (κ1) is 6.84. The predicted octanol–water partition coefficient (Wildman–Crippen LogP) is 1.26. The van der Waals surface area contributed by atoms with Crippen LogP contribution >= 0.6 is 0 Å². The van der Waals surface area contributed by atoms with E-state index in [0.717, 1.165) is 5.70 Å². The average molecular weight is 107 g/mol. The lowest BCUT2D eigenvalue weighted by molar-refractivity contribution is 1.07. The molecule has 0 aliphatic rings. The molecule has 0 bridgehead atoms. The van der Waals surface area contributed by atoms with E-state index in [-0.39, 0.29) is 0 Å². The zero-order valence-corrected chi connectivity index (χ0v) is 4.94. The van der Waals surface area contributed by atoms with Gasteiger partial charge in [0, 0.05) is 11.8 Å². The van der Waals surface area contributed by atoms with Crippen molar-refractivity contribution in [3.8, 4) is 12.3 Å². The lowest BCUT2D eigenvalue weighted by atomic mass is 10.4. The van der Waals surface area contributed by atoms with E-state index in [2.05, 4.69) is 17.8 Å². The topological polar surface area (TPSA) is 12.0 Å². The van der Waals surface area contributed by atoms with Gasteiger partial charge in [0.25, 0.3) is 0 Å². The minimum Gasteiger partial charge on any atom is -0.365 e. The first-order chi connectivity index (χ1) is 3.81. The molecule has 0 radical (unpaired) electrons. The SMILES string of the molecule is C#C/C=C(/C)NC=C. The summed E-state index contributed by atoms with van der Waals surface area (Å²) in [6, 6.07) is 0. The summed E-state index contributed by atoms with van der Waals surface area (Å²) < 4.78 is 0. The predicted molar refractivity (Wildman–Crippen MR) is 35.9 cm³/mol. The molecule has 0 aliphatic heterocycles. The molecule has 0 aromatic heterocycles. The molecule has 0 amide bonds. The average Bonchev–Trinajstić information content (AvgIpc) is 1.68. The fourth-order valence-corrected chi connectivity index (χ4v) is 0.328. The summed E-state index contributed by atoms with van der Waals surface area (Å²) in [5, 5.41) is 2.83. The van der Waals surface area contributed by atoms with E-state index in [1.165, 1.54) is 0 Å². The van der Waals surface area contributed by atoms with Gasteiger partial charge in [-0.1, -0.05) is 12.5 Å². The Morgan fingerprint density at radius 3 is 2.88 bits per heavy atom. The van der Waals surface area contributed by atoms with Gasteiger partial charge >= 0.3 is 0 Å². The van der Waals surface area contributed by atoms with E-state index < -0.39 is 0 Å².